The van der Waals surface area contributed by atoms with Crippen molar-refractivity contribution in [3.63, 3.8) is 0 Å². The smallest absolute Gasteiger partial charge is 0.251 e. The number of carbonyl (C=O) groups is 1. The number of tetrazole rings is 1. The van der Waals surface area contributed by atoms with Crippen LogP contribution in [0.4, 0.5) is 0 Å². The van der Waals surface area contributed by atoms with Gasteiger partial charge in [0, 0.05) is 11.3 Å². The van der Waals surface area contributed by atoms with Crippen LogP contribution in [0.25, 0.3) is 5.69 Å². The molecule has 0 unspecified atom stereocenters. The Morgan fingerprint density at radius 1 is 1.26 bits per heavy atom. The number of rotatable bonds is 4. The fraction of sp³-hybridized carbons (Fsp3) is 0.267. The predicted octanol–water partition coefficient (Wildman–Crippen LogP) is 1.49. The Hall–Kier alpha value is -3.03. The van der Waals surface area contributed by atoms with Crippen LogP contribution in [0, 0.1) is 13.8 Å². The Balaban J connectivity index is 1.74. The van der Waals surface area contributed by atoms with Crippen LogP contribution in [-0.2, 0) is 0 Å². The van der Waals surface area contributed by atoms with Gasteiger partial charge in [0.2, 0.25) is 0 Å². The molecular formula is C15H17N7O. The molecule has 0 aliphatic carbocycles. The topological polar surface area (TPSA) is 101 Å². The average Bonchev–Trinajstić information content (AvgIpc) is 3.17. The number of hydrogen-bond donors (Lipinski definition) is 2. The Labute approximate surface area is 132 Å². The van der Waals surface area contributed by atoms with Gasteiger partial charge in [-0.1, -0.05) is 5.21 Å². The molecule has 2 heterocycles. The van der Waals surface area contributed by atoms with E-state index < -0.39 is 0 Å². The lowest BCUT2D eigenvalue weighted by atomic mass is 10.1. The standard InChI is InChI=1S/C15H17N7O/c1-9-8-10(2)22(19-9)13-6-4-12(5-7-13)15(23)16-11(3)14-17-20-21-18-14/h4-8,11H,1-3H3,(H,16,23)(H,17,18,20,21)/t11-/m0/s1. The van der Waals surface area contributed by atoms with Crippen molar-refractivity contribution in [1.29, 1.82) is 0 Å². The Kier molecular flexibility index (Phi) is 3.88. The third-order valence-electron chi connectivity index (χ3n) is 3.48. The van der Waals surface area contributed by atoms with Crippen molar-refractivity contribution < 1.29 is 4.79 Å². The number of aryl methyl sites for hydroxylation is 2. The predicted molar refractivity (Wildman–Crippen MR) is 83.1 cm³/mol. The maximum Gasteiger partial charge on any atom is 0.251 e. The lowest BCUT2D eigenvalue weighted by Gasteiger charge is -2.10. The monoisotopic (exact) mass is 311 g/mol. The summed E-state index contributed by atoms with van der Waals surface area (Å²) in [6.45, 7) is 5.74. The number of amides is 1. The number of benzene rings is 1. The van der Waals surface area contributed by atoms with Gasteiger partial charge in [-0.05, 0) is 51.1 Å². The first-order valence-corrected chi connectivity index (χ1v) is 7.22. The minimum atomic E-state index is -0.322. The number of aromatic amines is 1. The summed E-state index contributed by atoms with van der Waals surface area (Å²) < 4.78 is 1.85. The number of nitrogens with one attached hydrogen (secondary N) is 2. The van der Waals surface area contributed by atoms with E-state index in [0.29, 0.717) is 11.4 Å². The van der Waals surface area contributed by atoms with Gasteiger partial charge >= 0.3 is 0 Å². The van der Waals surface area contributed by atoms with E-state index in [-0.39, 0.29) is 11.9 Å². The molecule has 0 saturated carbocycles. The molecule has 1 atom stereocenters. The average molecular weight is 311 g/mol. The highest BCUT2D eigenvalue weighted by atomic mass is 16.1. The Bertz CT molecular complexity index is 805. The molecule has 2 N–H and O–H groups in total. The van der Waals surface area contributed by atoms with Crippen LogP contribution in [-0.4, -0.2) is 36.3 Å². The van der Waals surface area contributed by atoms with E-state index in [0.717, 1.165) is 17.1 Å². The molecule has 0 bridgehead atoms. The second kappa shape index (κ2) is 5.99. The number of hydrogen-bond acceptors (Lipinski definition) is 5. The normalized spacial score (nSPS) is 12.1. The third kappa shape index (κ3) is 3.10. The molecule has 0 radical (unpaired) electrons. The molecule has 0 spiro atoms. The van der Waals surface area contributed by atoms with Gasteiger partial charge in [0.25, 0.3) is 5.91 Å². The summed E-state index contributed by atoms with van der Waals surface area (Å²) in [5.41, 5.74) is 3.48. The maximum absolute atomic E-state index is 12.2. The summed E-state index contributed by atoms with van der Waals surface area (Å²) in [4.78, 5) is 12.2. The molecule has 8 heteroatoms. The van der Waals surface area contributed by atoms with E-state index in [4.69, 9.17) is 0 Å². The summed E-state index contributed by atoms with van der Waals surface area (Å²) in [5, 5.41) is 20.8. The zero-order valence-electron chi connectivity index (χ0n) is 13.1. The van der Waals surface area contributed by atoms with Crippen molar-refractivity contribution in [3.05, 3.63) is 53.1 Å². The Morgan fingerprint density at radius 3 is 2.57 bits per heavy atom. The zero-order chi connectivity index (χ0) is 16.4. The van der Waals surface area contributed by atoms with Gasteiger partial charge in [-0.3, -0.25) is 4.79 Å². The molecular weight excluding hydrogens is 294 g/mol. The van der Waals surface area contributed by atoms with Gasteiger partial charge in [0.05, 0.1) is 17.4 Å². The van der Waals surface area contributed by atoms with E-state index >= 15 is 0 Å². The third-order valence-corrected chi connectivity index (χ3v) is 3.48. The first-order valence-electron chi connectivity index (χ1n) is 7.22. The van der Waals surface area contributed by atoms with Gasteiger partial charge in [-0.15, -0.1) is 10.2 Å². The number of nitrogens with zero attached hydrogens (tertiary/aromatic N) is 5. The van der Waals surface area contributed by atoms with Gasteiger partial charge in [0.15, 0.2) is 5.82 Å². The van der Waals surface area contributed by atoms with E-state index in [1.807, 2.05) is 36.7 Å². The molecule has 1 amide bonds. The molecule has 23 heavy (non-hydrogen) atoms. The number of aromatic nitrogens is 6. The summed E-state index contributed by atoms with van der Waals surface area (Å²) in [6.07, 6.45) is 0. The molecule has 118 valence electrons. The number of H-pyrrole nitrogens is 1. The molecule has 8 nitrogen and oxygen atoms in total. The van der Waals surface area contributed by atoms with Gasteiger partial charge in [-0.2, -0.15) is 10.3 Å². The molecule has 2 aromatic heterocycles. The summed E-state index contributed by atoms with van der Waals surface area (Å²) >= 11 is 0. The van der Waals surface area contributed by atoms with Gasteiger partial charge < -0.3 is 5.32 Å². The van der Waals surface area contributed by atoms with Crippen molar-refractivity contribution in [3.8, 4) is 5.69 Å². The maximum atomic E-state index is 12.2. The first kappa shape index (κ1) is 14.9. The van der Waals surface area contributed by atoms with Crippen molar-refractivity contribution in [2.75, 3.05) is 0 Å². The second-order valence-corrected chi connectivity index (χ2v) is 5.35. The van der Waals surface area contributed by atoms with Crippen LogP contribution < -0.4 is 5.32 Å². The van der Waals surface area contributed by atoms with Crippen LogP contribution in [0.5, 0.6) is 0 Å². The van der Waals surface area contributed by atoms with Crippen LogP contribution in [0.2, 0.25) is 0 Å². The van der Waals surface area contributed by atoms with Crippen molar-refractivity contribution >= 4 is 5.91 Å². The largest absolute Gasteiger partial charge is 0.342 e. The first-order chi connectivity index (χ1) is 11.0. The summed E-state index contributed by atoms with van der Waals surface area (Å²) in [6, 6.07) is 8.96. The molecule has 3 aromatic rings. The van der Waals surface area contributed by atoms with Crippen molar-refractivity contribution in [1.82, 2.24) is 35.7 Å². The van der Waals surface area contributed by atoms with Crippen LogP contribution >= 0.6 is 0 Å². The molecule has 0 aliphatic rings. The lowest BCUT2D eigenvalue weighted by Crippen LogP contribution is -2.27. The highest BCUT2D eigenvalue weighted by molar-refractivity contribution is 5.94. The van der Waals surface area contributed by atoms with Gasteiger partial charge in [-0.25, -0.2) is 4.68 Å². The SMILES string of the molecule is Cc1cc(C)n(-c2ccc(C(=O)N[C@@H](C)c3nn[nH]n3)cc2)n1. The zero-order valence-corrected chi connectivity index (χ0v) is 13.1. The van der Waals surface area contributed by atoms with Crippen LogP contribution in [0.15, 0.2) is 30.3 Å². The fourth-order valence-electron chi connectivity index (χ4n) is 2.34. The highest BCUT2D eigenvalue weighted by Gasteiger charge is 2.15. The van der Waals surface area contributed by atoms with Crippen molar-refractivity contribution in [2.45, 2.75) is 26.8 Å². The lowest BCUT2D eigenvalue weighted by molar-refractivity contribution is 0.0938. The summed E-state index contributed by atoms with van der Waals surface area (Å²) in [7, 11) is 0. The second-order valence-electron chi connectivity index (χ2n) is 5.35. The minimum absolute atomic E-state index is 0.192. The van der Waals surface area contributed by atoms with E-state index in [2.05, 4.69) is 31.0 Å². The van der Waals surface area contributed by atoms with Crippen molar-refractivity contribution in [2.24, 2.45) is 0 Å². The minimum Gasteiger partial charge on any atom is -0.342 e. The van der Waals surface area contributed by atoms with E-state index in [9.17, 15) is 4.79 Å². The fourth-order valence-corrected chi connectivity index (χ4v) is 2.34. The van der Waals surface area contributed by atoms with Crippen LogP contribution in [0.1, 0.15) is 40.5 Å². The molecule has 0 saturated heterocycles. The molecule has 3 rings (SSSR count). The van der Waals surface area contributed by atoms with Crippen LogP contribution in [0.3, 0.4) is 0 Å². The Morgan fingerprint density at radius 2 is 2.00 bits per heavy atom. The highest BCUT2D eigenvalue weighted by Crippen LogP contribution is 2.14. The van der Waals surface area contributed by atoms with E-state index in [1.165, 1.54) is 0 Å². The molecule has 0 aliphatic heterocycles. The number of carbonyl (C=O) groups excluding carboxylic acids is 1. The summed E-state index contributed by atoms with van der Waals surface area (Å²) in [5.74, 6) is 0.250. The quantitative estimate of drug-likeness (QED) is 0.760. The van der Waals surface area contributed by atoms with E-state index in [1.54, 1.807) is 19.1 Å². The van der Waals surface area contributed by atoms with Gasteiger partial charge in [0.1, 0.15) is 0 Å². The molecule has 1 aromatic carbocycles. The molecule has 0 fully saturated rings.